The maximum atomic E-state index is 12.4. The predicted molar refractivity (Wildman–Crippen MR) is 104 cm³/mol. The second kappa shape index (κ2) is 9.70. The number of para-hydroxylation sites is 1. The minimum Gasteiger partial charge on any atom is -0.466 e. The van der Waals surface area contributed by atoms with Crippen molar-refractivity contribution in [3.63, 3.8) is 0 Å². The third kappa shape index (κ3) is 6.77. The van der Waals surface area contributed by atoms with Gasteiger partial charge in [0.05, 0.1) is 0 Å². The molecule has 0 aliphatic heterocycles. The van der Waals surface area contributed by atoms with Crippen LogP contribution in [0.15, 0.2) is 39.7 Å². The van der Waals surface area contributed by atoms with E-state index in [0.717, 1.165) is 17.1 Å². The number of furan rings is 1. The van der Waals surface area contributed by atoms with Crippen molar-refractivity contribution < 1.29 is 22.3 Å². The quantitative estimate of drug-likeness (QED) is 0.379. The van der Waals surface area contributed by atoms with E-state index in [-0.39, 0.29) is 36.3 Å². The van der Waals surface area contributed by atoms with E-state index < -0.39 is 6.36 Å². The number of rotatable bonds is 5. The summed E-state index contributed by atoms with van der Waals surface area (Å²) in [5, 5.41) is 6.06. The third-order valence-corrected chi connectivity index (χ3v) is 3.46. The summed E-state index contributed by atoms with van der Waals surface area (Å²) in [6.45, 7) is 4.35. The Morgan fingerprint density at radius 2 is 1.73 bits per heavy atom. The van der Waals surface area contributed by atoms with Crippen LogP contribution in [0.2, 0.25) is 0 Å². The fourth-order valence-corrected chi connectivity index (χ4v) is 2.31. The first-order valence-corrected chi connectivity index (χ1v) is 7.62. The van der Waals surface area contributed by atoms with Crippen LogP contribution in [0.25, 0.3) is 0 Å². The van der Waals surface area contributed by atoms with Gasteiger partial charge >= 0.3 is 6.36 Å². The van der Waals surface area contributed by atoms with Crippen molar-refractivity contribution in [3.05, 3.63) is 53.0 Å². The van der Waals surface area contributed by atoms with E-state index in [2.05, 4.69) is 20.4 Å². The summed E-state index contributed by atoms with van der Waals surface area (Å²) in [6, 6.07) is 7.89. The van der Waals surface area contributed by atoms with Crippen LogP contribution in [-0.4, -0.2) is 19.4 Å². The molecule has 0 unspecified atom stereocenters. The Morgan fingerprint density at radius 1 is 1.12 bits per heavy atom. The molecular weight excluding hydrogens is 462 g/mol. The Hall–Kier alpha value is -1.91. The first-order chi connectivity index (χ1) is 11.8. The van der Waals surface area contributed by atoms with Gasteiger partial charge in [0.25, 0.3) is 0 Å². The minimum absolute atomic E-state index is 0. The highest BCUT2D eigenvalue weighted by molar-refractivity contribution is 14.0. The lowest BCUT2D eigenvalue weighted by atomic mass is 10.2. The van der Waals surface area contributed by atoms with E-state index in [1.165, 1.54) is 12.1 Å². The largest absolute Gasteiger partial charge is 0.573 e. The molecule has 0 saturated carbocycles. The van der Waals surface area contributed by atoms with Gasteiger partial charge in [-0.3, -0.25) is 4.99 Å². The number of nitrogens with zero attached hydrogens (tertiary/aromatic N) is 1. The molecule has 1 aromatic carbocycles. The Morgan fingerprint density at radius 3 is 2.27 bits per heavy atom. The van der Waals surface area contributed by atoms with Crippen molar-refractivity contribution in [2.75, 3.05) is 7.05 Å². The maximum absolute atomic E-state index is 12.4. The average molecular weight is 483 g/mol. The van der Waals surface area contributed by atoms with Gasteiger partial charge in [0.15, 0.2) is 5.96 Å². The molecule has 9 heteroatoms. The fourth-order valence-electron chi connectivity index (χ4n) is 2.31. The van der Waals surface area contributed by atoms with Crippen LogP contribution in [0, 0.1) is 13.8 Å². The molecule has 1 aromatic heterocycles. The lowest BCUT2D eigenvalue weighted by Crippen LogP contribution is -2.36. The van der Waals surface area contributed by atoms with E-state index in [1.807, 2.05) is 19.9 Å². The second-order valence-electron chi connectivity index (χ2n) is 5.37. The van der Waals surface area contributed by atoms with E-state index in [4.69, 9.17) is 4.42 Å². The highest BCUT2D eigenvalue weighted by atomic mass is 127. The molecule has 0 aliphatic rings. The number of alkyl halides is 3. The van der Waals surface area contributed by atoms with E-state index in [9.17, 15) is 13.2 Å². The predicted octanol–water partition coefficient (Wildman–Crippen LogP) is 4.28. The molecule has 0 atom stereocenters. The molecule has 0 bridgehead atoms. The number of ether oxygens (including phenoxy) is 1. The number of aliphatic imine (C=N–C) groups is 1. The molecule has 144 valence electrons. The molecular formula is C17H21F3IN3O2. The highest BCUT2D eigenvalue weighted by Gasteiger charge is 2.31. The van der Waals surface area contributed by atoms with Crippen molar-refractivity contribution in [3.8, 4) is 5.75 Å². The highest BCUT2D eigenvalue weighted by Crippen LogP contribution is 2.26. The van der Waals surface area contributed by atoms with Crippen LogP contribution in [0.3, 0.4) is 0 Å². The summed E-state index contributed by atoms with van der Waals surface area (Å²) in [7, 11) is 1.58. The number of nitrogens with one attached hydrogen (secondary N) is 2. The molecule has 0 fully saturated rings. The van der Waals surface area contributed by atoms with Crippen LogP contribution in [-0.2, 0) is 13.1 Å². The van der Waals surface area contributed by atoms with Crippen molar-refractivity contribution in [1.82, 2.24) is 10.6 Å². The van der Waals surface area contributed by atoms with Gasteiger partial charge in [0.1, 0.15) is 17.3 Å². The first kappa shape index (κ1) is 22.1. The van der Waals surface area contributed by atoms with Gasteiger partial charge in [0, 0.05) is 31.3 Å². The smallest absolute Gasteiger partial charge is 0.466 e. The summed E-state index contributed by atoms with van der Waals surface area (Å²) in [5.41, 5.74) is 1.36. The Balaban J connectivity index is 0.00000338. The van der Waals surface area contributed by atoms with Gasteiger partial charge in [-0.2, -0.15) is 0 Å². The van der Waals surface area contributed by atoms with E-state index in [1.54, 1.807) is 19.2 Å². The van der Waals surface area contributed by atoms with Gasteiger partial charge in [-0.1, -0.05) is 18.2 Å². The maximum Gasteiger partial charge on any atom is 0.573 e. The zero-order valence-electron chi connectivity index (χ0n) is 14.6. The molecule has 5 nitrogen and oxygen atoms in total. The molecule has 26 heavy (non-hydrogen) atoms. The normalized spacial score (nSPS) is 11.7. The van der Waals surface area contributed by atoms with Crippen LogP contribution in [0.5, 0.6) is 5.75 Å². The molecule has 1 heterocycles. The lowest BCUT2D eigenvalue weighted by Gasteiger charge is -2.15. The fraction of sp³-hybridized carbons (Fsp3) is 0.353. The lowest BCUT2D eigenvalue weighted by molar-refractivity contribution is -0.274. The van der Waals surface area contributed by atoms with Crippen LogP contribution >= 0.6 is 24.0 Å². The Kier molecular flexibility index (Phi) is 8.25. The van der Waals surface area contributed by atoms with Gasteiger partial charge < -0.3 is 19.8 Å². The van der Waals surface area contributed by atoms with E-state index in [0.29, 0.717) is 18.1 Å². The third-order valence-electron chi connectivity index (χ3n) is 3.46. The summed E-state index contributed by atoms with van der Waals surface area (Å²) in [5.74, 6) is 1.85. The van der Waals surface area contributed by atoms with E-state index >= 15 is 0 Å². The zero-order chi connectivity index (χ0) is 18.4. The number of hydrogen-bond donors (Lipinski definition) is 2. The summed E-state index contributed by atoms with van der Waals surface area (Å²) >= 11 is 0. The van der Waals surface area contributed by atoms with Crippen molar-refractivity contribution in [2.24, 2.45) is 4.99 Å². The Labute approximate surface area is 167 Å². The summed E-state index contributed by atoms with van der Waals surface area (Å²) in [6.07, 6.45) is -4.73. The number of hydrogen-bond acceptors (Lipinski definition) is 3. The monoisotopic (exact) mass is 483 g/mol. The first-order valence-electron chi connectivity index (χ1n) is 7.62. The summed E-state index contributed by atoms with van der Waals surface area (Å²) in [4.78, 5) is 4.06. The van der Waals surface area contributed by atoms with Crippen LogP contribution < -0.4 is 15.4 Å². The topological polar surface area (TPSA) is 58.8 Å². The summed E-state index contributed by atoms with van der Waals surface area (Å²) < 4.78 is 46.8. The molecule has 2 N–H and O–H groups in total. The van der Waals surface area contributed by atoms with Gasteiger partial charge in [-0.25, -0.2) is 0 Å². The van der Waals surface area contributed by atoms with Crippen molar-refractivity contribution in [1.29, 1.82) is 0 Å². The standard InChI is InChI=1S/C17H20F3N3O2.HI/c1-11-8-14(12(2)24-11)10-23-16(21-3)22-9-13-6-4-5-7-15(13)25-17(18,19)20;/h4-8H,9-10H2,1-3H3,(H2,21,22,23);1H. The second-order valence-corrected chi connectivity index (χ2v) is 5.37. The average Bonchev–Trinajstić information content (AvgIpc) is 2.85. The van der Waals surface area contributed by atoms with Gasteiger partial charge in [0.2, 0.25) is 0 Å². The van der Waals surface area contributed by atoms with Crippen molar-refractivity contribution >= 4 is 29.9 Å². The van der Waals surface area contributed by atoms with Gasteiger partial charge in [-0.05, 0) is 26.0 Å². The number of benzene rings is 1. The molecule has 2 aromatic rings. The molecule has 0 saturated heterocycles. The van der Waals surface area contributed by atoms with Gasteiger partial charge in [-0.15, -0.1) is 37.1 Å². The number of guanidine groups is 1. The molecule has 0 amide bonds. The van der Waals surface area contributed by atoms with Crippen LogP contribution in [0.1, 0.15) is 22.6 Å². The SMILES string of the molecule is CN=C(NCc1ccccc1OC(F)(F)F)NCc1cc(C)oc1C.I. The number of halogens is 4. The minimum atomic E-state index is -4.73. The Bertz CT molecular complexity index is 745. The molecule has 0 radical (unpaired) electrons. The van der Waals surface area contributed by atoms with Crippen LogP contribution in [0.4, 0.5) is 13.2 Å². The zero-order valence-corrected chi connectivity index (χ0v) is 16.9. The molecule has 0 spiro atoms. The molecule has 0 aliphatic carbocycles. The number of aryl methyl sites for hydroxylation is 2. The molecule has 2 rings (SSSR count). The van der Waals surface area contributed by atoms with Crippen molar-refractivity contribution in [2.45, 2.75) is 33.3 Å².